The van der Waals surface area contributed by atoms with E-state index in [0.29, 0.717) is 11.0 Å². The van der Waals surface area contributed by atoms with Crippen molar-refractivity contribution in [1.82, 2.24) is 14.8 Å². The Balaban J connectivity index is 1.72. The molecule has 0 aliphatic carbocycles. The molecule has 1 aromatic heterocycles. The molecule has 0 saturated carbocycles. The Bertz CT molecular complexity index is 1220. The summed E-state index contributed by atoms with van der Waals surface area (Å²) in [5.41, 5.74) is 6.58. The van der Waals surface area contributed by atoms with E-state index in [1.807, 2.05) is 96.4 Å². The van der Waals surface area contributed by atoms with Crippen molar-refractivity contribution in [3.05, 3.63) is 90.5 Å². The lowest BCUT2D eigenvalue weighted by atomic mass is 10.2. The molecule has 4 rings (SSSR count). The fourth-order valence-corrected chi connectivity index (χ4v) is 3.74. The van der Waals surface area contributed by atoms with Crippen LogP contribution in [0, 0.1) is 6.92 Å². The van der Waals surface area contributed by atoms with Crippen LogP contribution in [0.1, 0.15) is 5.56 Å². The van der Waals surface area contributed by atoms with E-state index in [2.05, 4.69) is 20.7 Å². The number of benzene rings is 3. The Kier molecular flexibility index (Phi) is 6.62. The number of esters is 1. The molecule has 1 heterocycles. The molecule has 32 heavy (non-hydrogen) atoms. The van der Waals surface area contributed by atoms with Crippen molar-refractivity contribution in [2.45, 2.75) is 12.1 Å². The van der Waals surface area contributed by atoms with Crippen LogP contribution in [0.2, 0.25) is 0 Å². The van der Waals surface area contributed by atoms with Gasteiger partial charge in [-0.25, -0.2) is 4.79 Å². The number of nitrogens with zero attached hydrogens (tertiary/aromatic N) is 4. The molecule has 0 fully saturated rings. The van der Waals surface area contributed by atoms with E-state index in [1.54, 1.807) is 0 Å². The van der Waals surface area contributed by atoms with Crippen molar-refractivity contribution in [2.24, 2.45) is 5.10 Å². The number of thioether (sulfide) groups is 1. The van der Waals surface area contributed by atoms with Gasteiger partial charge < -0.3 is 4.74 Å². The Labute approximate surface area is 190 Å². The third-order valence-corrected chi connectivity index (χ3v) is 5.46. The van der Waals surface area contributed by atoms with E-state index in [4.69, 9.17) is 4.74 Å². The lowest BCUT2D eigenvalue weighted by molar-refractivity contribution is -0.132. The summed E-state index contributed by atoms with van der Waals surface area (Å²) in [6.07, 6.45) is 0. The van der Waals surface area contributed by atoms with Gasteiger partial charge >= 0.3 is 5.97 Å². The first-order valence-corrected chi connectivity index (χ1v) is 10.7. The first-order valence-electron chi connectivity index (χ1n) is 9.88. The minimum atomic E-state index is -0.571. The second-order valence-electron chi connectivity index (χ2n) is 6.83. The van der Waals surface area contributed by atoms with E-state index >= 15 is 0 Å². The van der Waals surface area contributed by atoms with Gasteiger partial charge in [-0.2, -0.15) is 5.10 Å². The maximum absolute atomic E-state index is 12.4. The first kappa shape index (κ1) is 21.3. The number of ether oxygens (including phenoxy) is 1. The number of carbonyl (C=O) groups is 1. The number of hydrogen-bond donors (Lipinski definition) is 1. The fourth-order valence-electron chi connectivity index (χ4n) is 2.95. The Morgan fingerprint density at radius 1 is 0.938 bits per heavy atom. The van der Waals surface area contributed by atoms with Crippen LogP contribution in [0.5, 0.6) is 0 Å². The average molecular weight is 444 g/mol. The molecule has 0 saturated heterocycles. The summed E-state index contributed by atoms with van der Waals surface area (Å²) in [6.45, 7) is 2.00. The van der Waals surface area contributed by atoms with Crippen LogP contribution < -0.4 is 5.43 Å². The normalized spacial score (nSPS) is 11.2. The first-order chi connectivity index (χ1) is 15.7. The monoisotopic (exact) mass is 443 g/mol. The minimum absolute atomic E-state index is 0.109. The van der Waals surface area contributed by atoms with E-state index in [1.165, 1.54) is 7.11 Å². The molecule has 160 valence electrons. The highest BCUT2D eigenvalue weighted by atomic mass is 32.2. The number of anilines is 1. The molecular formula is C24H21N5O2S. The van der Waals surface area contributed by atoms with Crippen LogP contribution in [-0.4, -0.2) is 32.9 Å². The second-order valence-corrected chi connectivity index (χ2v) is 7.79. The van der Waals surface area contributed by atoms with Crippen molar-refractivity contribution in [3.8, 4) is 17.1 Å². The van der Waals surface area contributed by atoms with Crippen molar-refractivity contribution in [3.63, 3.8) is 0 Å². The zero-order valence-corrected chi connectivity index (χ0v) is 18.4. The molecule has 8 heteroatoms. The number of hydrogen-bond acceptors (Lipinski definition) is 7. The van der Waals surface area contributed by atoms with Gasteiger partial charge in [0.05, 0.1) is 12.8 Å². The maximum Gasteiger partial charge on any atom is 0.365 e. The van der Waals surface area contributed by atoms with Gasteiger partial charge in [0.1, 0.15) is 0 Å². The molecule has 0 aliphatic heterocycles. The third kappa shape index (κ3) is 4.87. The van der Waals surface area contributed by atoms with Crippen molar-refractivity contribution < 1.29 is 9.53 Å². The summed E-state index contributed by atoms with van der Waals surface area (Å²) in [5.74, 6) is 0.0912. The Hall–Kier alpha value is -3.91. The van der Waals surface area contributed by atoms with E-state index in [9.17, 15) is 4.79 Å². The van der Waals surface area contributed by atoms with Crippen LogP contribution in [-0.2, 0) is 9.53 Å². The SMILES string of the molecule is COC(=O)/C(=N/Nc1ccc(C)cc1)Sc1nnc(-c2ccccc2)n1-c1ccccc1. The smallest absolute Gasteiger partial charge is 0.365 e. The predicted molar refractivity (Wildman–Crippen MR) is 127 cm³/mol. The number of aryl methyl sites for hydroxylation is 1. The van der Waals surface area contributed by atoms with Crippen molar-refractivity contribution in [1.29, 1.82) is 0 Å². The summed E-state index contributed by atoms with van der Waals surface area (Å²) in [5, 5.41) is 13.6. The summed E-state index contributed by atoms with van der Waals surface area (Å²) in [7, 11) is 1.32. The number of aromatic nitrogens is 3. The molecule has 0 amide bonds. The molecule has 0 atom stereocenters. The van der Waals surface area contributed by atoms with E-state index in [0.717, 1.165) is 34.3 Å². The van der Waals surface area contributed by atoms with Crippen LogP contribution in [0.4, 0.5) is 5.69 Å². The molecule has 0 unspecified atom stereocenters. The maximum atomic E-state index is 12.4. The molecule has 0 radical (unpaired) electrons. The highest BCUT2D eigenvalue weighted by Gasteiger charge is 2.22. The lowest BCUT2D eigenvalue weighted by Gasteiger charge is -2.11. The second kappa shape index (κ2) is 9.93. The molecule has 0 spiro atoms. The summed E-state index contributed by atoms with van der Waals surface area (Å²) in [6, 6.07) is 27.2. The van der Waals surface area contributed by atoms with Gasteiger partial charge in [-0.15, -0.1) is 10.2 Å². The summed E-state index contributed by atoms with van der Waals surface area (Å²) >= 11 is 1.08. The molecule has 7 nitrogen and oxygen atoms in total. The average Bonchev–Trinajstić information content (AvgIpc) is 3.27. The van der Waals surface area contributed by atoms with Crippen molar-refractivity contribution >= 4 is 28.5 Å². The van der Waals surface area contributed by atoms with Crippen LogP contribution >= 0.6 is 11.8 Å². The molecule has 0 aliphatic rings. The molecular weight excluding hydrogens is 422 g/mol. The topological polar surface area (TPSA) is 81.4 Å². The lowest BCUT2D eigenvalue weighted by Crippen LogP contribution is -2.15. The predicted octanol–water partition coefficient (Wildman–Crippen LogP) is 4.93. The zero-order valence-electron chi connectivity index (χ0n) is 17.6. The Morgan fingerprint density at radius 3 is 2.25 bits per heavy atom. The summed E-state index contributed by atoms with van der Waals surface area (Å²) in [4.78, 5) is 12.4. The van der Waals surface area contributed by atoms with E-state index in [-0.39, 0.29) is 5.04 Å². The molecule has 1 N–H and O–H groups in total. The van der Waals surface area contributed by atoms with Gasteiger partial charge in [0.15, 0.2) is 5.82 Å². The standard InChI is InChI=1S/C24H21N5O2S/c1-17-13-15-19(16-14-17)25-27-22(23(30)31-2)32-24-28-26-21(18-9-5-3-6-10-18)29(24)20-11-7-4-8-12-20/h3-16,25H,1-2H3/b27-22-. The number of nitrogens with one attached hydrogen (secondary N) is 1. The zero-order chi connectivity index (χ0) is 22.3. The van der Waals surface area contributed by atoms with Crippen LogP contribution in [0.15, 0.2) is 95.2 Å². The largest absolute Gasteiger partial charge is 0.464 e. The van der Waals surface area contributed by atoms with Crippen molar-refractivity contribution in [2.75, 3.05) is 12.5 Å². The van der Waals surface area contributed by atoms with E-state index < -0.39 is 5.97 Å². The highest BCUT2D eigenvalue weighted by Crippen LogP contribution is 2.29. The van der Waals surface area contributed by atoms with Crippen LogP contribution in [0.3, 0.4) is 0 Å². The number of carbonyl (C=O) groups excluding carboxylic acids is 1. The van der Waals surface area contributed by atoms with Gasteiger partial charge in [-0.1, -0.05) is 66.2 Å². The summed E-state index contributed by atoms with van der Waals surface area (Å²) < 4.78 is 6.83. The quantitative estimate of drug-likeness (QED) is 0.155. The van der Waals surface area contributed by atoms with Gasteiger partial charge in [-0.05, 0) is 43.0 Å². The minimum Gasteiger partial charge on any atom is -0.464 e. The van der Waals surface area contributed by atoms with Gasteiger partial charge in [0.25, 0.3) is 0 Å². The molecule has 4 aromatic rings. The number of methoxy groups -OCH3 is 1. The molecule has 0 bridgehead atoms. The van der Waals surface area contributed by atoms with Gasteiger partial charge in [-0.3, -0.25) is 9.99 Å². The Morgan fingerprint density at radius 2 is 1.59 bits per heavy atom. The fraction of sp³-hybridized carbons (Fsp3) is 0.0833. The van der Waals surface area contributed by atoms with Crippen LogP contribution in [0.25, 0.3) is 17.1 Å². The molecule has 3 aromatic carbocycles. The third-order valence-electron chi connectivity index (χ3n) is 4.57. The number of hydrazone groups is 1. The highest BCUT2D eigenvalue weighted by molar-refractivity contribution is 8.15. The van der Waals surface area contributed by atoms with Gasteiger partial charge in [0.2, 0.25) is 10.2 Å². The number of rotatable bonds is 5. The number of para-hydroxylation sites is 1. The van der Waals surface area contributed by atoms with Gasteiger partial charge in [0, 0.05) is 11.3 Å².